The molecule has 0 saturated carbocycles. The van der Waals surface area contributed by atoms with Crippen molar-refractivity contribution in [1.29, 1.82) is 0 Å². The van der Waals surface area contributed by atoms with Crippen molar-refractivity contribution in [3.05, 3.63) is 80.6 Å². The van der Waals surface area contributed by atoms with Crippen molar-refractivity contribution in [2.45, 2.75) is 25.7 Å². The maximum Gasteiger partial charge on any atom is 0.333 e. The number of nitrogens with one attached hydrogen (secondary N) is 1. The predicted octanol–water partition coefficient (Wildman–Crippen LogP) is 3.11. The molecule has 0 atom stereocenters. The second-order valence-electron chi connectivity index (χ2n) is 6.73. The third-order valence-corrected chi connectivity index (χ3v) is 5.17. The molecule has 0 fully saturated rings. The number of aromatic nitrogens is 3. The van der Waals surface area contributed by atoms with Gasteiger partial charge in [-0.15, -0.1) is 0 Å². The number of fused-ring (bicyclic) bond motifs is 3. The molecule has 1 aliphatic carbocycles. The van der Waals surface area contributed by atoms with E-state index in [-0.39, 0.29) is 5.56 Å². The van der Waals surface area contributed by atoms with Crippen molar-refractivity contribution in [2.24, 2.45) is 0 Å². The molecule has 0 aliphatic heterocycles. The zero-order chi connectivity index (χ0) is 17.7. The van der Waals surface area contributed by atoms with E-state index < -0.39 is 5.69 Å². The number of aromatic amines is 1. The van der Waals surface area contributed by atoms with Crippen LogP contribution >= 0.6 is 0 Å². The monoisotopic (exact) mass is 343 g/mol. The first kappa shape index (κ1) is 15.1. The zero-order valence-corrected chi connectivity index (χ0v) is 14.2. The van der Waals surface area contributed by atoms with E-state index in [1.165, 1.54) is 4.57 Å². The maximum absolute atomic E-state index is 13.2. The van der Waals surface area contributed by atoms with Crippen LogP contribution in [0.3, 0.4) is 0 Å². The van der Waals surface area contributed by atoms with Gasteiger partial charge in [-0.3, -0.25) is 9.78 Å². The van der Waals surface area contributed by atoms with Gasteiger partial charge in [-0.1, -0.05) is 30.3 Å². The Balaban J connectivity index is 1.98. The van der Waals surface area contributed by atoms with E-state index in [1.807, 2.05) is 36.4 Å². The summed E-state index contributed by atoms with van der Waals surface area (Å²) in [6.07, 6.45) is 3.84. The van der Waals surface area contributed by atoms with Crippen LogP contribution in [0.4, 0.5) is 0 Å². The Morgan fingerprint density at radius 3 is 2.50 bits per heavy atom. The van der Waals surface area contributed by atoms with E-state index in [9.17, 15) is 9.59 Å². The molecule has 1 aliphatic rings. The van der Waals surface area contributed by atoms with E-state index >= 15 is 0 Å². The highest BCUT2D eigenvalue weighted by atomic mass is 16.2. The first-order chi connectivity index (χ1) is 12.7. The van der Waals surface area contributed by atoms with Crippen molar-refractivity contribution in [3.63, 3.8) is 0 Å². The van der Waals surface area contributed by atoms with E-state index in [2.05, 4.69) is 4.98 Å². The van der Waals surface area contributed by atoms with Crippen LogP contribution in [0.2, 0.25) is 0 Å². The van der Waals surface area contributed by atoms with Gasteiger partial charge >= 0.3 is 5.69 Å². The maximum atomic E-state index is 13.2. The van der Waals surface area contributed by atoms with Gasteiger partial charge in [-0.05, 0) is 49.4 Å². The SMILES string of the molecule is O=c1[nH]c2ccccc2c(=O)n1-c1c2c(nc3ccccc13)CCCC2. The summed E-state index contributed by atoms with van der Waals surface area (Å²) in [5, 5.41) is 1.36. The Kier molecular flexibility index (Phi) is 3.28. The van der Waals surface area contributed by atoms with Gasteiger partial charge < -0.3 is 4.98 Å². The molecule has 0 unspecified atom stereocenters. The lowest BCUT2D eigenvalue weighted by atomic mass is 9.92. The fraction of sp³-hybridized carbons (Fsp3) is 0.190. The fourth-order valence-corrected chi connectivity index (χ4v) is 3.97. The van der Waals surface area contributed by atoms with Crippen molar-refractivity contribution in [1.82, 2.24) is 14.5 Å². The molecule has 5 nitrogen and oxygen atoms in total. The molecule has 2 heterocycles. The van der Waals surface area contributed by atoms with Crippen LogP contribution in [0, 0.1) is 0 Å². The Morgan fingerprint density at radius 1 is 0.885 bits per heavy atom. The van der Waals surface area contributed by atoms with Crippen LogP contribution < -0.4 is 11.2 Å². The number of hydrogen-bond acceptors (Lipinski definition) is 3. The number of pyridine rings is 1. The second kappa shape index (κ2) is 5.66. The summed E-state index contributed by atoms with van der Waals surface area (Å²) in [5.74, 6) is 0. The normalized spacial score (nSPS) is 13.8. The summed E-state index contributed by atoms with van der Waals surface area (Å²) in [6.45, 7) is 0. The van der Waals surface area contributed by atoms with Gasteiger partial charge in [-0.2, -0.15) is 0 Å². The summed E-state index contributed by atoms with van der Waals surface area (Å²) in [7, 11) is 0. The number of nitrogens with zero attached hydrogens (tertiary/aromatic N) is 2. The summed E-state index contributed by atoms with van der Waals surface area (Å²) in [6, 6.07) is 14.9. The Bertz CT molecular complexity index is 1280. The molecule has 0 bridgehead atoms. The van der Waals surface area contributed by atoms with Gasteiger partial charge in [0.1, 0.15) is 0 Å². The topological polar surface area (TPSA) is 67.8 Å². The second-order valence-corrected chi connectivity index (χ2v) is 6.73. The molecule has 0 saturated heterocycles. The molecule has 26 heavy (non-hydrogen) atoms. The van der Waals surface area contributed by atoms with Gasteiger partial charge in [0.25, 0.3) is 5.56 Å². The molecule has 128 valence electrons. The molecular weight excluding hydrogens is 326 g/mol. The minimum atomic E-state index is -0.405. The molecule has 5 rings (SSSR count). The van der Waals surface area contributed by atoms with Crippen LogP contribution in [-0.4, -0.2) is 14.5 Å². The number of H-pyrrole nitrogens is 1. The van der Waals surface area contributed by atoms with Crippen molar-refractivity contribution < 1.29 is 0 Å². The number of rotatable bonds is 1. The minimum absolute atomic E-state index is 0.284. The highest BCUT2D eigenvalue weighted by molar-refractivity contribution is 5.90. The van der Waals surface area contributed by atoms with E-state index in [0.29, 0.717) is 16.6 Å². The van der Waals surface area contributed by atoms with Crippen LogP contribution in [0.25, 0.3) is 27.5 Å². The molecule has 0 amide bonds. The number of hydrogen-bond donors (Lipinski definition) is 1. The number of benzene rings is 2. The van der Waals surface area contributed by atoms with Crippen molar-refractivity contribution in [3.8, 4) is 5.69 Å². The molecule has 4 aromatic rings. The predicted molar refractivity (Wildman–Crippen MR) is 102 cm³/mol. The van der Waals surface area contributed by atoms with E-state index in [4.69, 9.17) is 4.98 Å². The number of aryl methyl sites for hydroxylation is 1. The lowest BCUT2D eigenvalue weighted by Gasteiger charge is -2.21. The van der Waals surface area contributed by atoms with Gasteiger partial charge in [0.2, 0.25) is 0 Å². The van der Waals surface area contributed by atoms with E-state index in [1.54, 1.807) is 12.1 Å². The lowest BCUT2D eigenvalue weighted by molar-refractivity contribution is 0.665. The first-order valence-electron chi connectivity index (χ1n) is 8.89. The molecule has 1 N–H and O–H groups in total. The highest BCUT2D eigenvalue weighted by Crippen LogP contribution is 2.30. The van der Waals surface area contributed by atoms with Gasteiger partial charge in [0, 0.05) is 11.1 Å². The average molecular weight is 343 g/mol. The van der Waals surface area contributed by atoms with Gasteiger partial charge in [0.05, 0.1) is 22.1 Å². The number of para-hydroxylation sites is 2. The Labute approximate surface area is 148 Å². The molecule has 5 heteroatoms. The molecule has 0 radical (unpaired) electrons. The fourth-order valence-electron chi connectivity index (χ4n) is 3.97. The average Bonchev–Trinajstić information content (AvgIpc) is 2.67. The third-order valence-electron chi connectivity index (χ3n) is 5.17. The smallest absolute Gasteiger partial charge is 0.306 e. The molecular formula is C21H17N3O2. The molecule has 2 aromatic heterocycles. The minimum Gasteiger partial charge on any atom is -0.306 e. The van der Waals surface area contributed by atoms with E-state index in [0.717, 1.165) is 47.8 Å². The van der Waals surface area contributed by atoms with Crippen molar-refractivity contribution in [2.75, 3.05) is 0 Å². The van der Waals surface area contributed by atoms with Crippen LogP contribution in [0.15, 0.2) is 58.1 Å². The largest absolute Gasteiger partial charge is 0.333 e. The Morgan fingerprint density at radius 2 is 1.62 bits per heavy atom. The quantitative estimate of drug-likeness (QED) is 0.577. The zero-order valence-electron chi connectivity index (χ0n) is 14.2. The van der Waals surface area contributed by atoms with Crippen LogP contribution in [-0.2, 0) is 12.8 Å². The molecule has 2 aromatic carbocycles. The lowest BCUT2D eigenvalue weighted by Crippen LogP contribution is -2.35. The summed E-state index contributed by atoms with van der Waals surface area (Å²) < 4.78 is 1.30. The van der Waals surface area contributed by atoms with Crippen molar-refractivity contribution >= 4 is 21.8 Å². The molecule has 0 spiro atoms. The highest BCUT2D eigenvalue weighted by Gasteiger charge is 2.22. The van der Waals surface area contributed by atoms with Gasteiger partial charge in [-0.25, -0.2) is 9.36 Å². The first-order valence-corrected chi connectivity index (χ1v) is 8.89. The summed E-state index contributed by atoms with van der Waals surface area (Å²) in [4.78, 5) is 33.7. The standard InChI is InChI=1S/C21H17N3O2/c25-20-15-9-3-6-12-18(15)23-21(26)24(20)19-13-7-1-4-10-16(13)22-17-11-5-2-8-14(17)19/h1,3-4,6-7,9-10,12H,2,5,8,11H2,(H,23,26). The summed E-state index contributed by atoms with van der Waals surface area (Å²) in [5.41, 5.74) is 3.42. The third kappa shape index (κ3) is 2.13. The van der Waals surface area contributed by atoms with Crippen LogP contribution in [0.5, 0.6) is 0 Å². The van der Waals surface area contributed by atoms with Crippen LogP contribution in [0.1, 0.15) is 24.1 Å². The van der Waals surface area contributed by atoms with Gasteiger partial charge in [0.15, 0.2) is 0 Å². The summed E-state index contributed by atoms with van der Waals surface area (Å²) >= 11 is 0. The Hall–Kier alpha value is -3.21.